The summed E-state index contributed by atoms with van der Waals surface area (Å²) >= 11 is 6.36. The van der Waals surface area contributed by atoms with Gasteiger partial charge in [0.15, 0.2) is 0 Å². The van der Waals surface area contributed by atoms with Crippen molar-refractivity contribution in [1.29, 1.82) is 0 Å². The molecular formula is C20H27ClN4O. The highest BCUT2D eigenvalue weighted by atomic mass is 35.5. The van der Waals surface area contributed by atoms with E-state index < -0.39 is 5.60 Å². The number of nitrogens with zero attached hydrogens (tertiary/aromatic N) is 3. The molecule has 6 heteroatoms. The fraction of sp³-hybridized carbons (Fsp3) is 0.550. The van der Waals surface area contributed by atoms with Crippen molar-refractivity contribution in [3.63, 3.8) is 0 Å². The minimum absolute atomic E-state index is 0.0972. The zero-order valence-corrected chi connectivity index (χ0v) is 16.0. The molecule has 1 aromatic heterocycles. The van der Waals surface area contributed by atoms with Crippen LogP contribution in [-0.2, 0) is 12.1 Å². The quantitative estimate of drug-likeness (QED) is 0.864. The molecule has 2 N–H and O–H groups in total. The van der Waals surface area contributed by atoms with E-state index in [1.54, 1.807) is 0 Å². The number of piperidine rings is 1. The van der Waals surface area contributed by atoms with E-state index in [0.717, 1.165) is 61.1 Å². The second kappa shape index (κ2) is 7.31. The summed E-state index contributed by atoms with van der Waals surface area (Å²) in [6.07, 6.45) is 3.15. The SMILES string of the molecule is Cc1[nH]nc(CN2CC[C@](O)(c3ccccc3)[C@H](N3CCCC3)C2)c1Cl. The van der Waals surface area contributed by atoms with E-state index in [-0.39, 0.29) is 6.04 Å². The number of H-pyrrole nitrogens is 1. The Morgan fingerprint density at radius 1 is 1.23 bits per heavy atom. The molecule has 2 saturated heterocycles. The van der Waals surface area contributed by atoms with Crippen molar-refractivity contribution in [3.8, 4) is 0 Å². The highest BCUT2D eigenvalue weighted by molar-refractivity contribution is 6.31. The third-order valence-electron chi connectivity index (χ3n) is 5.96. The van der Waals surface area contributed by atoms with Gasteiger partial charge < -0.3 is 5.11 Å². The number of hydrogen-bond acceptors (Lipinski definition) is 4. The summed E-state index contributed by atoms with van der Waals surface area (Å²) in [5.41, 5.74) is 2.04. The van der Waals surface area contributed by atoms with Gasteiger partial charge in [-0.25, -0.2) is 0 Å². The summed E-state index contributed by atoms with van der Waals surface area (Å²) in [5.74, 6) is 0. The van der Waals surface area contributed by atoms with E-state index in [2.05, 4.69) is 32.1 Å². The van der Waals surface area contributed by atoms with E-state index in [9.17, 15) is 5.11 Å². The Hall–Kier alpha value is -1.40. The molecule has 0 bridgehead atoms. The molecular weight excluding hydrogens is 348 g/mol. The molecule has 2 aliphatic heterocycles. The molecule has 0 unspecified atom stereocenters. The monoisotopic (exact) mass is 374 g/mol. The average Bonchev–Trinajstić information content (AvgIpc) is 3.30. The maximum atomic E-state index is 11.7. The molecule has 4 rings (SSSR count). The van der Waals surface area contributed by atoms with Crippen LogP contribution in [0.4, 0.5) is 0 Å². The molecule has 1 aromatic carbocycles. The van der Waals surface area contributed by atoms with Crippen LogP contribution in [0.5, 0.6) is 0 Å². The number of hydrogen-bond donors (Lipinski definition) is 2. The fourth-order valence-electron chi connectivity index (χ4n) is 4.44. The number of aromatic nitrogens is 2. The van der Waals surface area contributed by atoms with E-state index in [4.69, 9.17) is 11.6 Å². The molecule has 5 nitrogen and oxygen atoms in total. The Morgan fingerprint density at radius 2 is 1.96 bits per heavy atom. The van der Waals surface area contributed by atoms with Crippen LogP contribution in [-0.4, -0.2) is 57.3 Å². The van der Waals surface area contributed by atoms with Crippen LogP contribution in [0.2, 0.25) is 5.02 Å². The summed E-state index contributed by atoms with van der Waals surface area (Å²) in [7, 11) is 0. The van der Waals surface area contributed by atoms with Crippen LogP contribution in [0.25, 0.3) is 0 Å². The lowest BCUT2D eigenvalue weighted by atomic mass is 9.79. The Bertz CT molecular complexity index is 744. The van der Waals surface area contributed by atoms with Crippen molar-refractivity contribution in [3.05, 3.63) is 52.3 Å². The summed E-state index contributed by atoms with van der Waals surface area (Å²) in [6.45, 7) is 6.45. The first-order valence-corrected chi connectivity index (χ1v) is 9.89. The van der Waals surface area contributed by atoms with Gasteiger partial charge in [0.2, 0.25) is 0 Å². The van der Waals surface area contributed by atoms with Gasteiger partial charge in [0.25, 0.3) is 0 Å². The standard InChI is InChI=1S/C20H27ClN4O/c1-15-19(21)17(23-22-15)13-24-12-9-20(26,16-7-3-2-4-8-16)18(14-24)25-10-5-6-11-25/h2-4,7-8,18,26H,5-6,9-14H2,1H3,(H,22,23)/t18-,20+/m1/s1. The maximum absolute atomic E-state index is 11.7. The van der Waals surface area contributed by atoms with E-state index in [1.807, 2.05) is 25.1 Å². The summed E-state index contributed by atoms with van der Waals surface area (Å²) in [6, 6.07) is 10.3. The van der Waals surface area contributed by atoms with Gasteiger partial charge >= 0.3 is 0 Å². The van der Waals surface area contributed by atoms with Crippen molar-refractivity contribution >= 4 is 11.6 Å². The minimum atomic E-state index is -0.798. The molecule has 2 fully saturated rings. The zero-order valence-electron chi connectivity index (χ0n) is 15.3. The van der Waals surface area contributed by atoms with Crippen molar-refractivity contribution < 1.29 is 5.11 Å². The molecule has 0 radical (unpaired) electrons. The summed E-state index contributed by atoms with van der Waals surface area (Å²) in [4.78, 5) is 4.85. The number of aromatic amines is 1. The number of nitrogens with one attached hydrogen (secondary N) is 1. The second-order valence-corrected chi connectivity index (χ2v) is 8.02. The molecule has 0 aliphatic carbocycles. The zero-order chi connectivity index (χ0) is 18.1. The first-order chi connectivity index (χ1) is 12.6. The van der Waals surface area contributed by atoms with Gasteiger partial charge in [0.1, 0.15) is 5.60 Å². The molecule has 2 atom stereocenters. The van der Waals surface area contributed by atoms with Crippen molar-refractivity contribution in [2.24, 2.45) is 0 Å². The maximum Gasteiger partial charge on any atom is 0.108 e. The number of aliphatic hydroxyl groups is 1. The van der Waals surface area contributed by atoms with Gasteiger partial charge in [-0.1, -0.05) is 41.9 Å². The van der Waals surface area contributed by atoms with Crippen LogP contribution in [0, 0.1) is 6.92 Å². The Kier molecular flexibility index (Phi) is 5.06. The Morgan fingerprint density at radius 3 is 2.62 bits per heavy atom. The largest absolute Gasteiger partial charge is 0.383 e. The molecule has 140 valence electrons. The first-order valence-electron chi connectivity index (χ1n) is 9.51. The van der Waals surface area contributed by atoms with Crippen LogP contribution >= 0.6 is 11.6 Å². The molecule has 2 aliphatic rings. The lowest BCUT2D eigenvalue weighted by Gasteiger charge is -2.48. The van der Waals surface area contributed by atoms with E-state index >= 15 is 0 Å². The van der Waals surface area contributed by atoms with Gasteiger partial charge in [-0.05, 0) is 44.8 Å². The lowest BCUT2D eigenvalue weighted by molar-refractivity contribution is -0.0960. The van der Waals surface area contributed by atoms with E-state index in [1.165, 1.54) is 12.8 Å². The molecule has 3 heterocycles. The van der Waals surface area contributed by atoms with Gasteiger partial charge in [-0.3, -0.25) is 14.9 Å². The Labute approximate surface area is 160 Å². The summed E-state index contributed by atoms with van der Waals surface area (Å²) < 4.78 is 0. The highest BCUT2D eigenvalue weighted by Gasteiger charge is 2.46. The number of aryl methyl sites for hydroxylation is 1. The average molecular weight is 375 g/mol. The van der Waals surface area contributed by atoms with Crippen molar-refractivity contribution in [2.75, 3.05) is 26.2 Å². The third-order valence-corrected chi connectivity index (χ3v) is 6.46. The van der Waals surface area contributed by atoms with Gasteiger partial charge in [-0.2, -0.15) is 5.10 Å². The third kappa shape index (κ3) is 3.29. The van der Waals surface area contributed by atoms with Crippen LogP contribution in [0.1, 0.15) is 36.2 Å². The number of benzene rings is 1. The molecule has 0 amide bonds. The molecule has 2 aromatic rings. The lowest BCUT2D eigenvalue weighted by Crippen LogP contribution is -2.60. The molecule has 0 spiro atoms. The number of rotatable bonds is 4. The van der Waals surface area contributed by atoms with E-state index in [0.29, 0.717) is 0 Å². The minimum Gasteiger partial charge on any atom is -0.383 e. The molecule has 0 saturated carbocycles. The van der Waals surface area contributed by atoms with Crippen LogP contribution in [0.15, 0.2) is 30.3 Å². The predicted octanol–water partition coefficient (Wildman–Crippen LogP) is 2.93. The van der Waals surface area contributed by atoms with Crippen LogP contribution < -0.4 is 0 Å². The van der Waals surface area contributed by atoms with Crippen molar-refractivity contribution in [1.82, 2.24) is 20.0 Å². The molecule has 26 heavy (non-hydrogen) atoms. The Balaban J connectivity index is 1.58. The predicted molar refractivity (Wildman–Crippen MR) is 103 cm³/mol. The van der Waals surface area contributed by atoms with Gasteiger partial charge in [0.05, 0.1) is 22.5 Å². The number of likely N-dealkylation sites (tertiary alicyclic amines) is 2. The first kappa shape index (κ1) is 18.0. The second-order valence-electron chi connectivity index (χ2n) is 7.64. The van der Waals surface area contributed by atoms with Gasteiger partial charge in [-0.15, -0.1) is 0 Å². The van der Waals surface area contributed by atoms with Crippen molar-refractivity contribution in [2.45, 2.75) is 44.4 Å². The summed E-state index contributed by atoms with van der Waals surface area (Å²) in [5, 5.41) is 19.7. The number of halogens is 1. The smallest absolute Gasteiger partial charge is 0.108 e. The highest BCUT2D eigenvalue weighted by Crippen LogP contribution is 2.38. The topological polar surface area (TPSA) is 55.4 Å². The normalized spacial score (nSPS) is 27.9. The van der Waals surface area contributed by atoms with Crippen LogP contribution in [0.3, 0.4) is 0 Å². The fourth-order valence-corrected chi connectivity index (χ4v) is 4.59. The van der Waals surface area contributed by atoms with Gasteiger partial charge in [0, 0.05) is 19.6 Å².